The second-order valence-electron chi connectivity index (χ2n) is 10.7. The number of aliphatic carboxylic acids is 3. The summed E-state index contributed by atoms with van der Waals surface area (Å²) in [6.07, 6.45) is -6.02. The van der Waals surface area contributed by atoms with Gasteiger partial charge in [-0.2, -0.15) is 39.5 Å². The summed E-state index contributed by atoms with van der Waals surface area (Å²) in [6, 6.07) is 4.06. The highest BCUT2D eigenvalue weighted by atomic mass is 32.2. The van der Waals surface area contributed by atoms with Crippen LogP contribution in [0.2, 0.25) is 0 Å². The van der Waals surface area contributed by atoms with Crippen molar-refractivity contribution >= 4 is 33.9 Å². The molecule has 0 unspecified atom stereocenters. The van der Waals surface area contributed by atoms with E-state index in [1.165, 1.54) is 11.8 Å². The molecule has 3 aliphatic rings. The predicted octanol–water partition coefficient (Wildman–Crippen LogP) is 3.20. The summed E-state index contributed by atoms with van der Waals surface area (Å²) in [5.41, 5.74) is 1.66. The SMILES string of the molecule is O=C(O)C(F)(F)F.O=C(O)C(F)(F)F.O=C(O)C(F)(F)F.O=S1(=O)NCC2(CCN(Cc3cccnc3)CC2)c2nc(N3CCCC3)ncc21. The number of anilines is 1. The fourth-order valence-electron chi connectivity index (χ4n) is 4.70. The number of alkyl halides is 9. The van der Waals surface area contributed by atoms with Gasteiger partial charge in [0.1, 0.15) is 4.90 Å². The van der Waals surface area contributed by atoms with Gasteiger partial charge in [0.15, 0.2) is 0 Å². The molecular weight excluding hydrogens is 727 g/mol. The zero-order valence-electron chi connectivity index (χ0n) is 25.4. The number of carboxylic acid groups (broad SMARTS) is 3. The van der Waals surface area contributed by atoms with E-state index in [0.717, 1.165) is 58.4 Å². The number of fused-ring (bicyclic) bond motifs is 2. The van der Waals surface area contributed by atoms with Crippen molar-refractivity contribution in [2.24, 2.45) is 0 Å². The number of carboxylic acids is 3. The third-order valence-corrected chi connectivity index (χ3v) is 8.60. The standard InChI is InChI=1S/C20H26N6O2S.3C2HF3O2/c27-29(28)17-13-22-19(26-8-1-2-9-26)24-18(17)20(15-23-29)5-10-25(11-6-20)14-16-4-3-7-21-12-16;3*3-2(4,5)1(6)7/h3-4,7,12-13,23H,1-2,5-6,8-11,14-15H2;3*(H,6,7). The van der Waals surface area contributed by atoms with Crippen molar-refractivity contribution in [3.8, 4) is 0 Å². The topological polar surface area (TPSA) is 203 Å². The molecule has 24 heteroatoms. The minimum Gasteiger partial charge on any atom is -0.475 e. The second-order valence-corrected chi connectivity index (χ2v) is 12.5. The molecule has 0 atom stereocenters. The molecule has 0 amide bonds. The summed E-state index contributed by atoms with van der Waals surface area (Å²) in [5, 5.41) is 21.4. The number of halogens is 9. The molecule has 0 radical (unpaired) electrons. The van der Waals surface area contributed by atoms with Gasteiger partial charge in [-0.25, -0.2) is 37.5 Å². The Balaban J connectivity index is 0.000000338. The van der Waals surface area contributed by atoms with E-state index in [1.807, 2.05) is 12.3 Å². The Morgan fingerprint density at radius 3 is 1.72 bits per heavy atom. The van der Waals surface area contributed by atoms with Crippen molar-refractivity contribution in [1.29, 1.82) is 0 Å². The van der Waals surface area contributed by atoms with Gasteiger partial charge in [0.25, 0.3) is 0 Å². The average molecular weight is 757 g/mol. The molecule has 14 nitrogen and oxygen atoms in total. The van der Waals surface area contributed by atoms with E-state index in [9.17, 15) is 47.9 Å². The Morgan fingerprint density at radius 1 is 0.820 bits per heavy atom. The summed E-state index contributed by atoms with van der Waals surface area (Å²) >= 11 is 0. The number of sulfonamides is 1. The smallest absolute Gasteiger partial charge is 0.475 e. The van der Waals surface area contributed by atoms with Crippen molar-refractivity contribution in [2.45, 2.75) is 61.1 Å². The lowest BCUT2D eigenvalue weighted by atomic mass is 9.75. The number of piperidine rings is 1. The van der Waals surface area contributed by atoms with Crippen molar-refractivity contribution in [3.05, 3.63) is 42.0 Å². The molecule has 5 rings (SSSR count). The summed E-state index contributed by atoms with van der Waals surface area (Å²) in [4.78, 5) is 45.0. The van der Waals surface area contributed by atoms with Crippen LogP contribution in [0.15, 0.2) is 35.6 Å². The number of aromatic nitrogens is 3. The Bertz CT molecular complexity index is 1520. The maximum absolute atomic E-state index is 12.6. The van der Waals surface area contributed by atoms with E-state index >= 15 is 0 Å². The second kappa shape index (κ2) is 16.6. The van der Waals surface area contributed by atoms with Crippen LogP contribution < -0.4 is 9.62 Å². The quantitative estimate of drug-likeness (QED) is 0.333. The molecule has 2 aromatic rings. The molecule has 2 saturated heterocycles. The van der Waals surface area contributed by atoms with Crippen LogP contribution in [0.1, 0.15) is 36.9 Å². The fourth-order valence-corrected chi connectivity index (χ4v) is 6.03. The molecular formula is C26H29F9N6O8S. The van der Waals surface area contributed by atoms with Crippen LogP contribution in [-0.2, 0) is 36.4 Å². The molecule has 0 bridgehead atoms. The number of pyridine rings is 1. The first-order valence-corrected chi connectivity index (χ1v) is 15.5. The first kappa shape index (κ1) is 41.8. The van der Waals surface area contributed by atoms with E-state index < -0.39 is 46.5 Å². The fraction of sp³-hybridized carbons (Fsp3) is 0.538. The van der Waals surface area contributed by atoms with E-state index in [1.54, 1.807) is 6.20 Å². The molecule has 1 spiro atoms. The summed E-state index contributed by atoms with van der Waals surface area (Å²) < 4.78 is 123. The summed E-state index contributed by atoms with van der Waals surface area (Å²) in [7, 11) is -3.54. The first-order valence-electron chi connectivity index (χ1n) is 14.0. The predicted molar refractivity (Wildman–Crippen MR) is 150 cm³/mol. The first-order chi connectivity index (χ1) is 22.9. The van der Waals surface area contributed by atoms with Crippen LogP contribution in [0.4, 0.5) is 45.5 Å². The highest BCUT2D eigenvalue weighted by Gasteiger charge is 2.46. The number of rotatable bonds is 3. The lowest BCUT2D eigenvalue weighted by Gasteiger charge is -2.44. The van der Waals surface area contributed by atoms with Gasteiger partial charge in [-0.15, -0.1) is 0 Å². The lowest BCUT2D eigenvalue weighted by Crippen LogP contribution is -2.53. The number of nitrogens with one attached hydrogen (secondary N) is 1. The van der Waals surface area contributed by atoms with E-state index in [2.05, 4.69) is 30.6 Å². The van der Waals surface area contributed by atoms with Crippen LogP contribution >= 0.6 is 0 Å². The van der Waals surface area contributed by atoms with Gasteiger partial charge in [-0.3, -0.25) is 9.88 Å². The van der Waals surface area contributed by atoms with Gasteiger partial charge in [-0.1, -0.05) is 6.07 Å². The van der Waals surface area contributed by atoms with E-state index in [0.29, 0.717) is 18.2 Å². The highest BCUT2D eigenvalue weighted by Crippen LogP contribution is 2.41. The maximum Gasteiger partial charge on any atom is 0.490 e. The van der Waals surface area contributed by atoms with Crippen LogP contribution in [0.25, 0.3) is 0 Å². The molecule has 4 N–H and O–H groups in total. The number of hydrogen-bond acceptors (Lipinski definition) is 10. The van der Waals surface area contributed by atoms with Crippen molar-refractivity contribution in [1.82, 2.24) is 24.6 Å². The Hall–Kier alpha value is -4.32. The lowest BCUT2D eigenvalue weighted by molar-refractivity contribution is -0.193. The van der Waals surface area contributed by atoms with Crippen molar-refractivity contribution in [3.63, 3.8) is 0 Å². The Morgan fingerprint density at radius 2 is 1.30 bits per heavy atom. The molecule has 3 aliphatic heterocycles. The molecule has 0 aliphatic carbocycles. The Labute approximate surface area is 277 Å². The maximum atomic E-state index is 12.6. The van der Waals surface area contributed by atoms with Gasteiger partial charge >= 0.3 is 36.4 Å². The third kappa shape index (κ3) is 12.2. The van der Waals surface area contributed by atoms with Gasteiger partial charge in [0.05, 0.1) is 11.9 Å². The van der Waals surface area contributed by atoms with Crippen LogP contribution in [0.3, 0.4) is 0 Å². The van der Waals surface area contributed by atoms with Crippen LogP contribution in [0, 0.1) is 0 Å². The normalized spacial score (nSPS) is 18.2. The van der Waals surface area contributed by atoms with E-state index in [4.69, 9.17) is 34.7 Å². The molecule has 280 valence electrons. The highest BCUT2D eigenvalue weighted by molar-refractivity contribution is 7.89. The number of nitrogens with zero attached hydrogens (tertiary/aromatic N) is 5. The number of hydrogen-bond donors (Lipinski definition) is 4. The van der Waals surface area contributed by atoms with Crippen LogP contribution in [0.5, 0.6) is 0 Å². The number of carbonyl (C=O) groups is 3. The minimum absolute atomic E-state index is 0.257. The van der Waals surface area contributed by atoms with Gasteiger partial charge in [0.2, 0.25) is 16.0 Å². The Kier molecular flexibility index (Phi) is 13.9. The van der Waals surface area contributed by atoms with Gasteiger partial charge < -0.3 is 20.2 Å². The van der Waals surface area contributed by atoms with Gasteiger partial charge in [-0.05, 0) is 50.4 Å². The molecule has 5 heterocycles. The summed E-state index contributed by atoms with van der Waals surface area (Å²) in [6.45, 7) is 4.97. The monoisotopic (exact) mass is 756 g/mol. The third-order valence-electron chi connectivity index (χ3n) is 7.19. The number of likely N-dealkylation sites (tertiary alicyclic amines) is 1. The average Bonchev–Trinajstić information content (AvgIpc) is 3.56. The molecule has 2 aromatic heterocycles. The minimum atomic E-state index is -5.08. The van der Waals surface area contributed by atoms with Crippen LogP contribution in [-0.4, -0.2) is 113 Å². The molecule has 50 heavy (non-hydrogen) atoms. The largest absolute Gasteiger partial charge is 0.490 e. The molecule has 0 saturated carbocycles. The molecule has 0 aromatic carbocycles. The zero-order valence-corrected chi connectivity index (χ0v) is 26.2. The molecule has 2 fully saturated rings. The zero-order chi connectivity index (χ0) is 38.1. The van der Waals surface area contributed by atoms with Crippen molar-refractivity contribution in [2.75, 3.05) is 37.6 Å². The van der Waals surface area contributed by atoms with Gasteiger partial charge in [0, 0.05) is 44.0 Å². The van der Waals surface area contributed by atoms with Crippen molar-refractivity contribution < 1.29 is 77.6 Å². The van der Waals surface area contributed by atoms with E-state index in [-0.39, 0.29) is 10.3 Å². The summed E-state index contributed by atoms with van der Waals surface area (Å²) in [5.74, 6) is -7.59.